The number of hydrogen-bond acceptors (Lipinski definition) is 5. The van der Waals surface area contributed by atoms with Crippen molar-refractivity contribution in [1.29, 1.82) is 0 Å². The molecule has 0 aliphatic carbocycles. The third-order valence-corrected chi connectivity index (χ3v) is 5.56. The molecule has 0 saturated heterocycles. The number of ether oxygens (including phenoxy) is 1. The van der Waals surface area contributed by atoms with Crippen molar-refractivity contribution in [2.75, 3.05) is 51.1 Å². The summed E-state index contributed by atoms with van der Waals surface area (Å²) < 4.78 is 5.50. The van der Waals surface area contributed by atoms with Gasteiger partial charge in [-0.1, -0.05) is 24.3 Å². The monoisotopic (exact) mass is 424 g/mol. The van der Waals surface area contributed by atoms with Crippen LogP contribution in [-0.2, 0) is 16.0 Å². The van der Waals surface area contributed by atoms with Crippen molar-refractivity contribution in [3.63, 3.8) is 0 Å². The van der Waals surface area contributed by atoms with Crippen LogP contribution in [0.1, 0.15) is 30.5 Å². The van der Waals surface area contributed by atoms with Gasteiger partial charge < -0.3 is 25.2 Å². The Bertz CT molecular complexity index is 929. The number of hydrogen-bond donors (Lipinski definition) is 2. The zero-order valence-electron chi connectivity index (χ0n) is 18.8. The molecule has 7 nitrogen and oxygen atoms in total. The molecule has 166 valence electrons. The minimum absolute atomic E-state index is 0.0370. The normalized spacial score (nSPS) is 14.0. The van der Waals surface area contributed by atoms with Crippen LogP contribution in [0.4, 0.5) is 11.4 Å². The molecule has 0 fully saturated rings. The molecule has 3 rings (SSSR count). The average Bonchev–Trinajstić information content (AvgIpc) is 2.75. The zero-order chi connectivity index (χ0) is 22.4. The van der Waals surface area contributed by atoms with E-state index in [-0.39, 0.29) is 6.04 Å². The fraction of sp³-hybridized carbons (Fsp3) is 0.417. The molecule has 2 aromatic rings. The van der Waals surface area contributed by atoms with E-state index in [0.717, 1.165) is 24.9 Å². The van der Waals surface area contributed by atoms with E-state index in [1.807, 2.05) is 27.1 Å². The van der Waals surface area contributed by atoms with Gasteiger partial charge in [-0.15, -0.1) is 0 Å². The highest BCUT2D eigenvalue weighted by Crippen LogP contribution is 2.30. The summed E-state index contributed by atoms with van der Waals surface area (Å²) >= 11 is 0. The Morgan fingerprint density at radius 1 is 1.16 bits per heavy atom. The Balaban J connectivity index is 1.65. The van der Waals surface area contributed by atoms with Crippen LogP contribution in [-0.4, -0.2) is 57.6 Å². The molecule has 0 spiro atoms. The summed E-state index contributed by atoms with van der Waals surface area (Å²) in [7, 11) is 6.06. The third-order valence-electron chi connectivity index (χ3n) is 5.56. The fourth-order valence-electron chi connectivity index (χ4n) is 3.91. The van der Waals surface area contributed by atoms with Gasteiger partial charge >= 0.3 is 11.8 Å². The number of carbonyl (C=O) groups excluding carboxylic acids is 2. The van der Waals surface area contributed by atoms with Gasteiger partial charge in [-0.25, -0.2) is 0 Å². The Hall–Kier alpha value is -3.06. The maximum Gasteiger partial charge on any atom is 0.313 e. The lowest BCUT2D eigenvalue weighted by atomic mass is 9.96. The predicted molar refractivity (Wildman–Crippen MR) is 124 cm³/mol. The van der Waals surface area contributed by atoms with Crippen LogP contribution in [0.5, 0.6) is 5.75 Å². The average molecular weight is 425 g/mol. The number of para-hydroxylation sites is 2. The Labute approximate surface area is 184 Å². The summed E-state index contributed by atoms with van der Waals surface area (Å²) in [5.74, 6) is -0.844. The third kappa shape index (κ3) is 5.55. The van der Waals surface area contributed by atoms with E-state index in [4.69, 9.17) is 4.74 Å². The van der Waals surface area contributed by atoms with E-state index < -0.39 is 11.8 Å². The van der Waals surface area contributed by atoms with E-state index in [1.54, 1.807) is 18.2 Å². The quantitative estimate of drug-likeness (QED) is 0.669. The number of rotatable bonds is 7. The molecule has 1 aliphatic heterocycles. The molecule has 0 bridgehead atoms. The molecule has 2 N–H and O–H groups in total. The van der Waals surface area contributed by atoms with E-state index in [1.165, 1.54) is 11.3 Å². The summed E-state index contributed by atoms with van der Waals surface area (Å²) in [4.78, 5) is 29.2. The molecule has 0 radical (unpaired) electrons. The second-order valence-corrected chi connectivity index (χ2v) is 7.99. The van der Waals surface area contributed by atoms with Crippen molar-refractivity contribution in [1.82, 2.24) is 10.2 Å². The molecule has 31 heavy (non-hydrogen) atoms. The summed E-state index contributed by atoms with van der Waals surface area (Å²) in [5, 5.41) is 5.42. The second-order valence-electron chi connectivity index (χ2n) is 7.99. The minimum Gasteiger partial charge on any atom is -0.492 e. The highest BCUT2D eigenvalue weighted by atomic mass is 16.5. The Kier molecular flexibility index (Phi) is 7.52. The standard InChI is InChI=1S/C24H32N4O3/c1-5-31-22-11-7-6-10-19(22)26-24(30)23(29)25-16-21(27(2)3)18-12-13-20-17(15-18)9-8-14-28(20)4/h6-7,10-13,15,21H,5,8-9,14,16H2,1-4H3,(H,25,29)(H,26,30)/t21-/m1/s1. The predicted octanol–water partition coefficient (Wildman–Crippen LogP) is 2.83. The zero-order valence-corrected chi connectivity index (χ0v) is 18.8. The van der Waals surface area contributed by atoms with Gasteiger partial charge in [0.25, 0.3) is 0 Å². The van der Waals surface area contributed by atoms with Crippen molar-refractivity contribution in [3.05, 3.63) is 53.6 Å². The Morgan fingerprint density at radius 3 is 2.68 bits per heavy atom. The first-order valence-corrected chi connectivity index (χ1v) is 10.7. The van der Waals surface area contributed by atoms with Gasteiger partial charge in [0, 0.05) is 25.8 Å². The molecule has 1 atom stereocenters. The van der Waals surface area contributed by atoms with E-state index >= 15 is 0 Å². The lowest BCUT2D eigenvalue weighted by Crippen LogP contribution is -2.40. The van der Waals surface area contributed by atoms with Crippen LogP contribution in [0, 0.1) is 0 Å². The molecule has 0 unspecified atom stereocenters. The molecular weight excluding hydrogens is 392 g/mol. The van der Waals surface area contributed by atoms with E-state index in [2.05, 4.69) is 45.7 Å². The summed E-state index contributed by atoms with van der Waals surface area (Å²) in [6.45, 7) is 3.74. The van der Waals surface area contributed by atoms with Gasteiger partial charge in [0.2, 0.25) is 0 Å². The first kappa shape index (κ1) is 22.6. The summed E-state index contributed by atoms with van der Waals surface area (Å²) in [6.07, 6.45) is 2.20. The van der Waals surface area contributed by atoms with Gasteiger partial charge in [0.1, 0.15) is 5.75 Å². The lowest BCUT2D eigenvalue weighted by molar-refractivity contribution is -0.136. The number of fused-ring (bicyclic) bond motifs is 1. The number of likely N-dealkylation sites (N-methyl/N-ethyl adjacent to an activating group) is 1. The van der Waals surface area contributed by atoms with Crippen LogP contribution < -0.4 is 20.3 Å². The number of nitrogens with zero attached hydrogens (tertiary/aromatic N) is 2. The number of aryl methyl sites for hydroxylation is 1. The molecule has 7 heteroatoms. The molecule has 2 aromatic carbocycles. The van der Waals surface area contributed by atoms with E-state index in [9.17, 15) is 9.59 Å². The SMILES string of the molecule is CCOc1ccccc1NC(=O)C(=O)NC[C@H](c1ccc2c(c1)CCCN2C)N(C)C. The molecule has 0 saturated carbocycles. The molecule has 1 heterocycles. The van der Waals surface area contributed by atoms with Crippen molar-refractivity contribution in [3.8, 4) is 5.75 Å². The molecule has 0 aromatic heterocycles. The summed E-state index contributed by atoms with van der Waals surface area (Å²) in [6, 6.07) is 13.5. The van der Waals surface area contributed by atoms with E-state index in [0.29, 0.717) is 24.6 Å². The Morgan fingerprint density at radius 2 is 1.94 bits per heavy atom. The van der Waals surface area contributed by atoms with Crippen LogP contribution >= 0.6 is 0 Å². The molecule has 1 aliphatic rings. The van der Waals surface area contributed by atoms with Crippen LogP contribution in [0.3, 0.4) is 0 Å². The first-order chi connectivity index (χ1) is 14.9. The number of carbonyl (C=O) groups is 2. The van der Waals surface area contributed by atoms with Gasteiger partial charge in [-0.2, -0.15) is 0 Å². The number of benzene rings is 2. The maximum atomic E-state index is 12.5. The van der Waals surface area contributed by atoms with Gasteiger partial charge in [-0.3, -0.25) is 9.59 Å². The topological polar surface area (TPSA) is 73.9 Å². The van der Waals surface area contributed by atoms with Crippen molar-refractivity contribution in [2.24, 2.45) is 0 Å². The van der Waals surface area contributed by atoms with Crippen LogP contribution in [0.15, 0.2) is 42.5 Å². The summed E-state index contributed by atoms with van der Waals surface area (Å²) in [5.41, 5.74) is 4.20. The first-order valence-electron chi connectivity index (χ1n) is 10.7. The minimum atomic E-state index is -0.711. The van der Waals surface area contributed by atoms with Crippen molar-refractivity contribution >= 4 is 23.2 Å². The van der Waals surface area contributed by atoms with Gasteiger partial charge in [0.05, 0.1) is 18.3 Å². The van der Waals surface area contributed by atoms with Crippen molar-refractivity contribution in [2.45, 2.75) is 25.8 Å². The van der Waals surface area contributed by atoms with Crippen LogP contribution in [0.2, 0.25) is 0 Å². The second kappa shape index (κ2) is 10.3. The smallest absolute Gasteiger partial charge is 0.313 e. The number of nitrogens with one attached hydrogen (secondary N) is 2. The lowest BCUT2D eigenvalue weighted by Gasteiger charge is -2.30. The molecule has 2 amide bonds. The number of amides is 2. The van der Waals surface area contributed by atoms with Crippen LogP contribution in [0.25, 0.3) is 0 Å². The number of anilines is 2. The maximum absolute atomic E-state index is 12.5. The largest absolute Gasteiger partial charge is 0.492 e. The fourth-order valence-corrected chi connectivity index (χ4v) is 3.91. The van der Waals surface area contributed by atoms with Gasteiger partial charge in [0.15, 0.2) is 0 Å². The highest BCUT2D eigenvalue weighted by molar-refractivity contribution is 6.39. The highest BCUT2D eigenvalue weighted by Gasteiger charge is 2.22. The molecular formula is C24H32N4O3. The van der Waals surface area contributed by atoms with Gasteiger partial charge in [-0.05, 0) is 63.2 Å². The van der Waals surface area contributed by atoms with Crippen molar-refractivity contribution < 1.29 is 14.3 Å².